The predicted molar refractivity (Wildman–Crippen MR) is 98.4 cm³/mol. The van der Waals surface area contributed by atoms with Gasteiger partial charge in [0.25, 0.3) is 0 Å². The van der Waals surface area contributed by atoms with Crippen LogP contribution in [0.3, 0.4) is 0 Å². The molecule has 1 aliphatic heterocycles. The topological polar surface area (TPSA) is 53.3 Å². The summed E-state index contributed by atoms with van der Waals surface area (Å²) < 4.78 is 26.7. The molecule has 3 aromatic rings. The fourth-order valence-electron chi connectivity index (χ4n) is 3.41. The van der Waals surface area contributed by atoms with E-state index < -0.39 is 11.8 Å². The summed E-state index contributed by atoms with van der Waals surface area (Å²) in [6.07, 6.45) is 4.77. The third-order valence-corrected chi connectivity index (χ3v) is 4.78. The fourth-order valence-corrected chi connectivity index (χ4v) is 3.41. The molecule has 4 rings (SSSR count). The highest BCUT2D eigenvalue weighted by Gasteiger charge is 2.26. The lowest BCUT2D eigenvalue weighted by molar-refractivity contribution is 0.0595. The van der Waals surface area contributed by atoms with Crippen molar-refractivity contribution in [1.82, 2.24) is 9.78 Å². The van der Waals surface area contributed by atoms with E-state index in [0.29, 0.717) is 30.8 Å². The van der Waals surface area contributed by atoms with E-state index in [4.69, 9.17) is 9.47 Å². The summed E-state index contributed by atoms with van der Waals surface area (Å²) in [7, 11) is 3.13. The number of aromatic nitrogens is 2. The smallest absolute Gasteiger partial charge is 0.340 e. The van der Waals surface area contributed by atoms with Crippen LogP contribution in [0.5, 0.6) is 5.75 Å². The summed E-state index contributed by atoms with van der Waals surface area (Å²) in [5.41, 5.74) is 4.37. The molecule has 27 heavy (non-hydrogen) atoms. The zero-order chi connectivity index (χ0) is 19.0. The molecule has 0 bridgehead atoms. The maximum absolute atomic E-state index is 14.6. The summed E-state index contributed by atoms with van der Waals surface area (Å²) in [5, 5.41) is 4.19. The Morgan fingerprint density at radius 1 is 1.30 bits per heavy atom. The molecular weight excluding hydrogens is 347 g/mol. The van der Waals surface area contributed by atoms with Crippen LogP contribution in [-0.2, 0) is 24.6 Å². The second kappa shape index (κ2) is 6.87. The number of rotatable bonds is 4. The van der Waals surface area contributed by atoms with Crippen LogP contribution in [0.1, 0.15) is 27.0 Å². The van der Waals surface area contributed by atoms with Gasteiger partial charge in [-0.2, -0.15) is 5.10 Å². The lowest BCUT2D eigenvalue weighted by Crippen LogP contribution is -2.08. The van der Waals surface area contributed by atoms with Gasteiger partial charge in [-0.15, -0.1) is 0 Å². The molecule has 0 spiro atoms. The molecule has 2 heterocycles. The molecule has 0 aliphatic carbocycles. The van der Waals surface area contributed by atoms with Crippen LogP contribution in [0, 0.1) is 5.82 Å². The number of carbonyl (C=O) groups excluding carboxylic acids is 1. The van der Waals surface area contributed by atoms with E-state index in [0.717, 1.165) is 22.3 Å². The van der Waals surface area contributed by atoms with Crippen molar-refractivity contribution in [1.29, 1.82) is 0 Å². The van der Waals surface area contributed by atoms with Crippen molar-refractivity contribution in [2.45, 2.75) is 12.8 Å². The number of ether oxygens (including phenoxy) is 2. The van der Waals surface area contributed by atoms with E-state index in [1.807, 2.05) is 43.7 Å². The maximum Gasteiger partial charge on any atom is 0.340 e. The second-order valence-electron chi connectivity index (χ2n) is 6.57. The first-order valence-corrected chi connectivity index (χ1v) is 8.70. The van der Waals surface area contributed by atoms with Gasteiger partial charge in [-0.3, -0.25) is 4.68 Å². The number of benzene rings is 2. The Kier molecular flexibility index (Phi) is 4.39. The Hall–Kier alpha value is -3.15. The average Bonchev–Trinajstić information content (AvgIpc) is 3.33. The van der Waals surface area contributed by atoms with Crippen molar-refractivity contribution in [3.05, 3.63) is 70.8 Å². The summed E-state index contributed by atoms with van der Waals surface area (Å²) in [6.45, 7) is 0.420. The van der Waals surface area contributed by atoms with E-state index in [1.165, 1.54) is 7.11 Å². The molecule has 0 unspecified atom stereocenters. The molecule has 1 aromatic heterocycles. The average molecular weight is 366 g/mol. The SMILES string of the molecule is COC(=O)c1cc(Cc2ccc(-c3cnn(C)c3)cc2)c2c(c1F)CCO2. The largest absolute Gasteiger partial charge is 0.493 e. The van der Waals surface area contributed by atoms with Crippen LogP contribution >= 0.6 is 0 Å². The molecule has 0 N–H and O–H groups in total. The summed E-state index contributed by atoms with van der Waals surface area (Å²) in [5.74, 6) is -0.656. The van der Waals surface area contributed by atoms with Crippen molar-refractivity contribution in [3.63, 3.8) is 0 Å². The van der Waals surface area contributed by atoms with Crippen molar-refractivity contribution >= 4 is 5.97 Å². The Morgan fingerprint density at radius 3 is 2.74 bits per heavy atom. The van der Waals surface area contributed by atoms with Gasteiger partial charge in [0.2, 0.25) is 0 Å². The molecule has 0 atom stereocenters. The highest BCUT2D eigenvalue weighted by Crippen LogP contribution is 2.35. The van der Waals surface area contributed by atoms with Gasteiger partial charge in [0.05, 0.1) is 25.5 Å². The number of aryl methyl sites for hydroxylation is 1. The Morgan fingerprint density at radius 2 is 2.07 bits per heavy atom. The first-order chi connectivity index (χ1) is 13.1. The van der Waals surface area contributed by atoms with E-state index in [9.17, 15) is 9.18 Å². The van der Waals surface area contributed by atoms with Crippen molar-refractivity contribution < 1.29 is 18.7 Å². The zero-order valence-electron chi connectivity index (χ0n) is 15.2. The van der Waals surface area contributed by atoms with Crippen molar-refractivity contribution in [2.75, 3.05) is 13.7 Å². The van der Waals surface area contributed by atoms with Gasteiger partial charge in [0.15, 0.2) is 0 Å². The van der Waals surface area contributed by atoms with E-state index in [-0.39, 0.29) is 5.56 Å². The molecule has 0 radical (unpaired) electrons. The first-order valence-electron chi connectivity index (χ1n) is 8.70. The van der Waals surface area contributed by atoms with E-state index >= 15 is 0 Å². The number of nitrogens with zero attached hydrogens (tertiary/aromatic N) is 2. The number of hydrogen-bond acceptors (Lipinski definition) is 4. The third-order valence-electron chi connectivity index (χ3n) is 4.78. The van der Waals surface area contributed by atoms with Crippen molar-refractivity contribution in [2.24, 2.45) is 7.05 Å². The second-order valence-corrected chi connectivity index (χ2v) is 6.57. The highest BCUT2D eigenvalue weighted by atomic mass is 19.1. The van der Waals surface area contributed by atoms with Crippen LogP contribution in [0.15, 0.2) is 42.7 Å². The number of hydrogen-bond donors (Lipinski definition) is 0. The van der Waals surface area contributed by atoms with Gasteiger partial charge in [-0.05, 0) is 22.8 Å². The van der Waals surface area contributed by atoms with Gasteiger partial charge in [0, 0.05) is 37.2 Å². The number of carbonyl (C=O) groups is 1. The Balaban J connectivity index is 1.66. The van der Waals surface area contributed by atoms with Crippen LogP contribution in [0.25, 0.3) is 11.1 Å². The molecular formula is C21H19FN2O3. The lowest BCUT2D eigenvalue weighted by Gasteiger charge is -2.12. The maximum atomic E-state index is 14.6. The lowest BCUT2D eigenvalue weighted by atomic mass is 9.96. The summed E-state index contributed by atoms with van der Waals surface area (Å²) in [6, 6.07) is 9.63. The minimum atomic E-state index is -0.671. The molecule has 0 saturated carbocycles. The zero-order valence-corrected chi connectivity index (χ0v) is 15.2. The van der Waals surface area contributed by atoms with Gasteiger partial charge < -0.3 is 9.47 Å². The summed E-state index contributed by atoms with van der Waals surface area (Å²) in [4.78, 5) is 11.9. The quantitative estimate of drug-likeness (QED) is 0.663. The number of esters is 1. The molecule has 0 saturated heterocycles. The molecule has 138 valence electrons. The predicted octanol–water partition coefficient (Wildman–Crippen LogP) is 3.54. The number of methoxy groups -OCH3 is 1. The molecule has 6 heteroatoms. The molecule has 5 nitrogen and oxygen atoms in total. The molecule has 0 fully saturated rings. The monoisotopic (exact) mass is 366 g/mol. The van der Waals surface area contributed by atoms with Crippen LogP contribution < -0.4 is 4.74 Å². The molecule has 0 amide bonds. The Bertz CT molecular complexity index is 1010. The minimum Gasteiger partial charge on any atom is -0.493 e. The van der Waals surface area contributed by atoms with Gasteiger partial charge in [-0.1, -0.05) is 24.3 Å². The molecule has 2 aromatic carbocycles. The number of halogens is 1. The fraction of sp³-hybridized carbons (Fsp3) is 0.238. The Labute approximate surface area is 156 Å². The molecule has 1 aliphatic rings. The summed E-state index contributed by atoms with van der Waals surface area (Å²) >= 11 is 0. The van der Waals surface area contributed by atoms with Crippen LogP contribution in [0.4, 0.5) is 4.39 Å². The van der Waals surface area contributed by atoms with Gasteiger partial charge >= 0.3 is 5.97 Å². The standard InChI is InChI=1S/C21H19FN2O3/c1-24-12-16(11-23-24)14-5-3-13(4-6-14)9-15-10-18(21(25)26-2)19(22)17-7-8-27-20(15)17/h3-6,10-12H,7-9H2,1-2H3. The van der Waals surface area contributed by atoms with Crippen LogP contribution in [0.2, 0.25) is 0 Å². The highest BCUT2D eigenvalue weighted by molar-refractivity contribution is 5.90. The van der Waals surface area contributed by atoms with Crippen molar-refractivity contribution in [3.8, 4) is 16.9 Å². The van der Waals surface area contributed by atoms with E-state index in [1.54, 1.807) is 10.7 Å². The van der Waals surface area contributed by atoms with E-state index in [2.05, 4.69) is 5.10 Å². The first kappa shape index (κ1) is 17.3. The van der Waals surface area contributed by atoms with Crippen LogP contribution in [-0.4, -0.2) is 29.5 Å². The van der Waals surface area contributed by atoms with Gasteiger partial charge in [0.1, 0.15) is 11.6 Å². The normalized spacial score (nSPS) is 12.6. The third kappa shape index (κ3) is 3.18. The number of fused-ring (bicyclic) bond motifs is 1. The van der Waals surface area contributed by atoms with Gasteiger partial charge in [-0.25, -0.2) is 9.18 Å². The minimum absolute atomic E-state index is 0.0382.